The topological polar surface area (TPSA) is 175 Å². The van der Waals surface area contributed by atoms with E-state index >= 15 is 0 Å². The van der Waals surface area contributed by atoms with Crippen molar-refractivity contribution in [2.24, 2.45) is 0 Å². The van der Waals surface area contributed by atoms with Gasteiger partial charge in [-0.25, -0.2) is 4.79 Å². The van der Waals surface area contributed by atoms with Gasteiger partial charge >= 0.3 is 23.9 Å². The normalized spacial score (nSPS) is 18.5. The fourth-order valence-electron chi connectivity index (χ4n) is 9.00. The number of rotatable bonds is 53. The van der Waals surface area contributed by atoms with Crippen molar-refractivity contribution in [3.63, 3.8) is 0 Å². The number of carbonyl (C=O) groups excluding carboxylic acids is 3. The van der Waals surface area contributed by atoms with Crippen LogP contribution in [0, 0.1) is 0 Å². The van der Waals surface area contributed by atoms with Crippen molar-refractivity contribution in [3.05, 3.63) is 109 Å². The van der Waals surface area contributed by atoms with Crippen molar-refractivity contribution in [3.8, 4) is 0 Å². The van der Waals surface area contributed by atoms with Gasteiger partial charge in [-0.3, -0.25) is 14.4 Å². The molecule has 3 N–H and O–H groups in total. The monoisotopic (exact) mass is 1130 g/mol. The minimum absolute atomic E-state index is 0.0444. The summed E-state index contributed by atoms with van der Waals surface area (Å²) in [6.07, 6.45) is 63.4. The first-order valence-corrected chi connectivity index (χ1v) is 31.9. The van der Waals surface area contributed by atoms with Crippen molar-refractivity contribution in [2.75, 3.05) is 13.2 Å². The molecule has 460 valence electrons. The van der Waals surface area contributed by atoms with Gasteiger partial charge in [0.15, 0.2) is 24.6 Å². The van der Waals surface area contributed by atoms with Gasteiger partial charge in [-0.2, -0.15) is 0 Å². The summed E-state index contributed by atoms with van der Waals surface area (Å²) >= 11 is 0. The lowest BCUT2D eigenvalue weighted by molar-refractivity contribution is -0.301. The summed E-state index contributed by atoms with van der Waals surface area (Å²) in [5.74, 6) is -3.22. The van der Waals surface area contributed by atoms with Gasteiger partial charge in [0.05, 0.1) is 6.61 Å². The third-order valence-electron chi connectivity index (χ3n) is 13.8. The van der Waals surface area contributed by atoms with E-state index in [1.165, 1.54) is 51.4 Å². The first kappa shape index (κ1) is 74.4. The highest BCUT2D eigenvalue weighted by Crippen LogP contribution is 2.26. The molecule has 6 unspecified atom stereocenters. The third kappa shape index (κ3) is 45.6. The number of unbranched alkanes of at least 4 members (excludes halogenated alkanes) is 21. The first-order valence-electron chi connectivity index (χ1n) is 31.9. The van der Waals surface area contributed by atoms with Crippen molar-refractivity contribution >= 4 is 23.9 Å². The Kier molecular flexibility index (Phi) is 51.3. The number of carboxylic acids is 1. The SMILES string of the molecule is CC/C=C\C/C=C\C/C=C\C/C=C\C/C=C\CCCC(=O)OCC(COC1OC(C(=O)O)C(O)C(O)C1OC(=O)CCCCCCCCC/C=C\CCCCCCCC)OC(=O)CCCCCCCCC/C=C\C/C=C\C/C=C\CC. The predicted octanol–water partition coefficient (Wildman–Crippen LogP) is 17.0. The number of carboxylic acid groups (broad SMARTS) is 1. The molecule has 0 aromatic rings. The maximum absolute atomic E-state index is 13.2. The summed E-state index contributed by atoms with van der Waals surface area (Å²) in [6, 6.07) is 0. The molecule has 81 heavy (non-hydrogen) atoms. The smallest absolute Gasteiger partial charge is 0.335 e. The molecule has 1 aliphatic heterocycles. The maximum atomic E-state index is 13.2. The molecular formula is C69H112O12. The fraction of sp³-hybridized carbons (Fsp3) is 0.681. The highest BCUT2D eigenvalue weighted by atomic mass is 16.7. The molecule has 1 fully saturated rings. The first-order chi connectivity index (χ1) is 39.6. The zero-order chi connectivity index (χ0) is 58.9. The Labute approximate surface area is 491 Å². The predicted molar refractivity (Wildman–Crippen MR) is 330 cm³/mol. The van der Waals surface area contributed by atoms with E-state index in [-0.39, 0.29) is 25.9 Å². The average Bonchev–Trinajstić information content (AvgIpc) is 3.53. The van der Waals surface area contributed by atoms with E-state index in [9.17, 15) is 34.5 Å². The standard InChI is InChI=1S/C69H112O12/c1-4-7-10-13-16-19-22-25-28-31-34-37-40-43-46-49-52-55-61(70)77-58-60(79-62(71)56-53-50-47-44-41-38-35-32-29-26-23-20-17-14-11-8-5-2)59-78-69-67(65(74)64(73)66(81-69)68(75)76)80-63(72)57-54-51-48-45-42-39-36-33-30-27-24-21-18-15-12-9-6-3/h7-8,10-11,16-17,19-20,25-30,34,37,43,46,60,64-67,69,73-74H,4-6,9,12-15,18,21-24,31-33,35-36,38-42,44-45,47-59H2,1-3H3,(H,75,76)/b10-7-,11-8-,19-16-,20-17-,28-25-,29-26-,30-27-,37-34-,46-43-. The molecule has 1 rings (SSSR count). The Bertz CT molecular complexity index is 1820. The number of aliphatic hydroxyl groups is 2. The summed E-state index contributed by atoms with van der Waals surface area (Å²) in [7, 11) is 0. The van der Waals surface area contributed by atoms with Crippen molar-refractivity contribution in [1.29, 1.82) is 0 Å². The Morgan fingerprint density at radius 2 is 0.790 bits per heavy atom. The molecule has 0 amide bonds. The molecular weight excluding hydrogens is 1020 g/mol. The zero-order valence-electron chi connectivity index (χ0n) is 50.7. The van der Waals surface area contributed by atoms with Gasteiger partial charge < -0.3 is 39.0 Å². The molecule has 0 radical (unpaired) electrons. The lowest BCUT2D eigenvalue weighted by Gasteiger charge is -2.40. The van der Waals surface area contributed by atoms with Crippen molar-refractivity contribution < 1.29 is 58.2 Å². The Balaban J connectivity index is 2.72. The van der Waals surface area contributed by atoms with Crippen LogP contribution >= 0.6 is 0 Å². The Hall–Kier alpha value is -4.62. The van der Waals surface area contributed by atoms with Crippen molar-refractivity contribution in [1.82, 2.24) is 0 Å². The van der Waals surface area contributed by atoms with Crippen LogP contribution in [0.15, 0.2) is 109 Å². The fourth-order valence-corrected chi connectivity index (χ4v) is 9.00. The van der Waals surface area contributed by atoms with Crippen LogP contribution < -0.4 is 0 Å². The van der Waals surface area contributed by atoms with Crippen LogP contribution in [0.5, 0.6) is 0 Å². The number of hydrogen-bond acceptors (Lipinski definition) is 11. The van der Waals surface area contributed by atoms with Gasteiger partial charge in [0.25, 0.3) is 0 Å². The molecule has 0 spiro atoms. The summed E-state index contributed by atoms with van der Waals surface area (Å²) in [5, 5.41) is 31.6. The molecule has 0 saturated carbocycles. The van der Waals surface area contributed by atoms with Crippen LogP contribution in [0.2, 0.25) is 0 Å². The maximum Gasteiger partial charge on any atom is 0.335 e. The van der Waals surface area contributed by atoms with Gasteiger partial charge in [-0.15, -0.1) is 0 Å². The average molecular weight is 1130 g/mol. The second kappa shape index (κ2) is 55.9. The molecule has 0 bridgehead atoms. The number of aliphatic hydroxyl groups excluding tert-OH is 2. The number of hydrogen-bond donors (Lipinski definition) is 3. The second-order valence-electron chi connectivity index (χ2n) is 21.3. The zero-order valence-corrected chi connectivity index (χ0v) is 50.7. The number of aliphatic carboxylic acids is 1. The van der Waals surface area contributed by atoms with E-state index in [0.717, 1.165) is 135 Å². The van der Waals surface area contributed by atoms with E-state index in [1.54, 1.807) is 0 Å². The van der Waals surface area contributed by atoms with Gasteiger partial charge in [0, 0.05) is 19.3 Å². The molecule has 0 aromatic heterocycles. The van der Waals surface area contributed by atoms with Crippen LogP contribution in [0.3, 0.4) is 0 Å². The minimum atomic E-state index is -1.92. The van der Waals surface area contributed by atoms with Crippen LogP contribution in [0.4, 0.5) is 0 Å². The van der Waals surface area contributed by atoms with E-state index in [4.69, 9.17) is 23.7 Å². The highest BCUT2D eigenvalue weighted by molar-refractivity contribution is 5.74. The van der Waals surface area contributed by atoms with Gasteiger partial charge in [0.2, 0.25) is 0 Å². The number of allylic oxidation sites excluding steroid dienone is 18. The molecule has 1 aliphatic rings. The highest BCUT2D eigenvalue weighted by Gasteiger charge is 2.50. The summed E-state index contributed by atoms with van der Waals surface area (Å²) in [4.78, 5) is 51.3. The third-order valence-corrected chi connectivity index (χ3v) is 13.8. The largest absolute Gasteiger partial charge is 0.479 e. The molecule has 6 atom stereocenters. The Morgan fingerprint density at radius 3 is 1.23 bits per heavy atom. The molecule has 0 aromatic carbocycles. The molecule has 1 saturated heterocycles. The molecule has 0 aliphatic carbocycles. The number of esters is 3. The van der Waals surface area contributed by atoms with Crippen molar-refractivity contribution in [2.45, 2.75) is 289 Å². The summed E-state index contributed by atoms with van der Waals surface area (Å²) < 4.78 is 28.4. The van der Waals surface area contributed by atoms with Gasteiger partial charge in [0.1, 0.15) is 18.8 Å². The lowest BCUT2D eigenvalue weighted by atomic mass is 9.98. The summed E-state index contributed by atoms with van der Waals surface area (Å²) in [6.45, 7) is 5.72. The van der Waals surface area contributed by atoms with E-state index in [0.29, 0.717) is 25.7 Å². The molecule has 12 nitrogen and oxygen atoms in total. The molecule has 1 heterocycles. The number of ether oxygens (including phenoxy) is 5. The second-order valence-corrected chi connectivity index (χ2v) is 21.3. The summed E-state index contributed by atoms with van der Waals surface area (Å²) in [5.41, 5.74) is 0. The molecule has 12 heteroatoms. The lowest BCUT2D eigenvalue weighted by Crippen LogP contribution is -2.61. The van der Waals surface area contributed by atoms with E-state index < -0.39 is 67.3 Å². The van der Waals surface area contributed by atoms with Crippen LogP contribution in [-0.2, 0) is 42.9 Å². The number of carbonyl (C=O) groups is 4. The minimum Gasteiger partial charge on any atom is -0.479 e. The quantitative estimate of drug-likeness (QED) is 0.0228. The van der Waals surface area contributed by atoms with Gasteiger partial charge in [-0.05, 0) is 116 Å². The Morgan fingerprint density at radius 1 is 0.420 bits per heavy atom. The van der Waals surface area contributed by atoms with Crippen LogP contribution in [0.1, 0.15) is 252 Å². The van der Waals surface area contributed by atoms with Crippen LogP contribution in [-0.4, -0.2) is 89.2 Å². The van der Waals surface area contributed by atoms with Crippen LogP contribution in [0.25, 0.3) is 0 Å². The van der Waals surface area contributed by atoms with E-state index in [1.807, 2.05) is 6.08 Å². The van der Waals surface area contributed by atoms with E-state index in [2.05, 4.69) is 124 Å². The van der Waals surface area contributed by atoms with Gasteiger partial charge in [-0.1, -0.05) is 226 Å².